The SMILES string of the molecule is O=C(/C=C/c1cccc(Br)c1)CC(=O)/C=C/c1cccc(Br)c1. The second-order valence-electron chi connectivity index (χ2n) is 4.89. The highest BCUT2D eigenvalue weighted by molar-refractivity contribution is 9.10. The summed E-state index contributed by atoms with van der Waals surface area (Å²) < 4.78 is 1.89. The number of halogens is 2. The molecule has 0 spiro atoms. The van der Waals surface area contributed by atoms with Crippen molar-refractivity contribution in [1.82, 2.24) is 0 Å². The lowest BCUT2D eigenvalue weighted by Gasteiger charge is -1.95. The molecule has 0 unspecified atom stereocenters. The first-order chi connectivity index (χ1) is 11.0. The fourth-order valence-electron chi connectivity index (χ4n) is 1.89. The maximum absolute atomic E-state index is 11.8. The molecule has 0 aliphatic carbocycles. The average molecular weight is 434 g/mol. The molecular weight excluding hydrogens is 420 g/mol. The summed E-state index contributed by atoms with van der Waals surface area (Å²) in [6.45, 7) is 0. The molecule has 0 N–H and O–H groups in total. The Hall–Kier alpha value is -1.78. The molecule has 23 heavy (non-hydrogen) atoms. The number of carbonyl (C=O) groups excluding carboxylic acids is 2. The van der Waals surface area contributed by atoms with E-state index in [0.29, 0.717) is 0 Å². The fourth-order valence-corrected chi connectivity index (χ4v) is 2.72. The van der Waals surface area contributed by atoms with E-state index in [-0.39, 0.29) is 18.0 Å². The van der Waals surface area contributed by atoms with Gasteiger partial charge in [0.25, 0.3) is 0 Å². The Morgan fingerprint density at radius 1 is 0.783 bits per heavy atom. The van der Waals surface area contributed by atoms with Gasteiger partial charge in [0.15, 0.2) is 11.6 Å². The number of benzene rings is 2. The van der Waals surface area contributed by atoms with Crippen molar-refractivity contribution >= 4 is 55.6 Å². The largest absolute Gasteiger partial charge is 0.294 e. The quantitative estimate of drug-likeness (QED) is 0.447. The van der Waals surface area contributed by atoms with Gasteiger partial charge in [-0.2, -0.15) is 0 Å². The highest BCUT2D eigenvalue weighted by Gasteiger charge is 2.03. The molecule has 4 heteroatoms. The molecule has 0 fully saturated rings. The topological polar surface area (TPSA) is 34.1 Å². The van der Waals surface area contributed by atoms with E-state index in [2.05, 4.69) is 31.9 Å². The van der Waals surface area contributed by atoms with Crippen LogP contribution < -0.4 is 0 Å². The van der Waals surface area contributed by atoms with Crippen molar-refractivity contribution in [1.29, 1.82) is 0 Å². The maximum Gasteiger partial charge on any atom is 0.163 e. The first-order valence-electron chi connectivity index (χ1n) is 6.96. The van der Waals surface area contributed by atoms with Crippen molar-refractivity contribution in [3.63, 3.8) is 0 Å². The second-order valence-corrected chi connectivity index (χ2v) is 6.72. The Labute approximate surface area is 152 Å². The summed E-state index contributed by atoms with van der Waals surface area (Å²) in [4.78, 5) is 23.6. The van der Waals surface area contributed by atoms with Gasteiger partial charge in [-0.1, -0.05) is 68.3 Å². The van der Waals surface area contributed by atoms with Crippen molar-refractivity contribution in [2.45, 2.75) is 6.42 Å². The molecule has 0 heterocycles. The van der Waals surface area contributed by atoms with Gasteiger partial charge in [0.1, 0.15) is 0 Å². The monoisotopic (exact) mass is 432 g/mol. The lowest BCUT2D eigenvalue weighted by Crippen LogP contribution is -2.01. The van der Waals surface area contributed by atoms with Gasteiger partial charge in [-0.25, -0.2) is 0 Å². The van der Waals surface area contributed by atoms with Crippen LogP contribution in [-0.4, -0.2) is 11.6 Å². The van der Waals surface area contributed by atoms with Crippen LogP contribution in [0.15, 0.2) is 69.6 Å². The predicted molar refractivity (Wildman–Crippen MR) is 101 cm³/mol. The Morgan fingerprint density at radius 2 is 1.22 bits per heavy atom. The standard InChI is InChI=1S/C19H14Br2O2/c20-16-5-1-3-14(11-16)7-9-18(22)13-19(23)10-8-15-4-2-6-17(21)12-15/h1-12H,13H2/b9-7+,10-8+. The van der Waals surface area contributed by atoms with Crippen LogP contribution in [0.1, 0.15) is 17.5 Å². The van der Waals surface area contributed by atoms with Crippen LogP contribution in [-0.2, 0) is 9.59 Å². The lowest BCUT2D eigenvalue weighted by atomic mass is 10.1. The summed E-state index contributed by atoms with van der Waals surface area (Å²) in [5.74, 6) is -0.428. The van der Waals surface area contributed by atoms with Gasteiger partial charge >= 0.3 is 0 Å². The molecule has 0 aromatic heterocycles. The smallest absolute Gasteiger partial charge is 0.163 e. The summed E-state index contributed by atoms with van der Waals surface area (Å²) in [7, 11) is 0. The Kier molecular flexibility index (Phi) is 6.68. The molecule has 2 aromatic rings. The van der Waals surface area contributed by atoms with Crippen LogP contribution in [0.3, 0.4) is 0 Å². The third-order valence-corrected chi connectivity index (χ3v) is 3.96. The van der Waals surface area contributed by atoms with Gasteiger partial charge in [0, 0.05) is 8.95 Å². The third-order valence-electron chi connectivity index (χ3n) is 2.97. The number of hydrogen-bond acceptors (Lipinski definition) is 2. The molecule has 0 saturated heterocycles. The first kappa shape index (κ1) is 17.6. The minimum absolute atomic E-state index is 0.130. The first-order valence-corrected chi connectivity index (χ1v) is 8.54. The van der Waals surface area contributed by atoms with Crippen LogP contribution in [0.2, 0.25) is 0 Å². The van der Waals surface area contributed by atoms with Crippen molar-refractivity contribution in [3.8, 4) is 0 Å². The zero-order chi connectivity index (χ0) is 16.7. The fraction of sp³-hybridized carbons (Fsp3) is 0.0526. The molecule has 2 aromatic carbocycles. The number of carbonyl (C=O) groups is 2. The summed E-state index contributed by atoms with van der Waals surface area (Å²) in [5, 5.41) is 0. The average Bonchev–Trinajstić information content (AvgIpc) is 2.51. The van der Waals surface area contributed by atoms with E-state index in [0.717, 1.165) is 20.1 Å². The predicted octanol–water partition coefficient (Wildman–Crippen LogP) is 5.47. The van der Waals surface area contributed by atoms with E-state index < -0.39 is 0 Å². The van der Waals surface area contributed by atoms with E-state index in [1.165, 1.54) is 12.2 Å². The minimum Gasteiger partial charge on any atom is -0.294 e. The van der Waals surface area contributed by atoms with Gasteiger partial charge in [-0.15, -0.1) is 0 Å². The zero-order valence-corrected chi connectivity index (χ0v) is 15.4. The van der Waals surface area contributed by atoms with Crippen molar-refractivity contribution in [2.24, 2.45) is 0 Å². The summed E-state index contributed by atoms with van der Waals surface area (Å²) in [5.41, 5.74) is 1.81. The van der Waals surface area contributed by atoms with E-state index >= 15 is 0 Å². The Balaban J connectivity index is 1.91. The van der Waals surface area contributed by atoms with Gasteiger partial charge < -0.3 is 0 Å². The zero-order valence-electron chi connectivity index (χ0n) is 12.2. The second kappa shape index (κ2) is 8.75. The van der Waals surface area contributed by atoms with Crippen LogP contribution in [0, 0.1) is 0 Å². The summed E-state index contributed by atoms with van der Waals surface area (Å²) in [6, 6.07) is 15.2. The minimum atomic E-state index is -0.214. The molecular formula is C19H14Br2O2. The number of allylic oxidation sites excluding steroid dienone is 2. The molecule has 0 aliphatic rings. The molecule has 2 nitrogen and oxygen atoms in total. The van der Waals surface area contributed by atoms with Gasteiger partial charge in [-0.05, 0) is 47.5 Å². The number of hydrogen-bond donors (Lipinski definition) is 0. The molecule has 2 rings (SSSR count). The van der Waals surface area contributed by atoms with Crippen LogP contribution in [0.25, 0.3) is 12.2 Å². The summed E-state index contributed by atoms with van der Waals surface area (Å²) >= 11 is 6.74. The van der Waals surface area contributed by atoms with Crippen LogP contribution in [0.5, 0.6) is 0 Å². The Morgan fingerprint density at radius 3 is 1.61 bits per heavy atom. The molecule has 116 valence electrons. The molecule has 0 aliphatic heterocycles. The van der Waals surface area contributed by atoms with Gasteiger partial charge in [-0.3, -0.25) is 9.59 Å². The lowest BCUT2D eigenvalue weighted by molar-refractivity contribution is -0.121. The summed E-state index contributed by atoms with van der Waals surface area (Å²) in [6.07, 6.45) is 6.16. The molecule has 0 atom stereocenters. The number of rotatable bonds is 6. The highest BCUT2D eigenvalue weighted by atomic mass is 79.9. The third kappa shape index (κ3) is 6.47. The van der Waals surface area contributed by atoms with Crippen LogP contribution in [0.4, 0.5) is 0 Å². The molecule has 0 amide bonds. The van der Waals surface area contributed by atoms with E-state index in [4.69, 9.17) is 0 Å². The van der Waals surface area contributed by atoms with Gasteiger partial charge in [0.05, 0.1) is 6.42 Å². The maximum atomic E-state index is 11.8. The van der Waals surface area contributed by atoms with Crippen molar-refractivity contribution in [2.75, 3.05) is 0 Å². The van der Waals surface area contributed by atoms with Gasteiger partial charge in [0.2, 0.25) is 0 Å². The van der Waals surface area contributed by atoms with E-state index in [1.54, 1.807) is 12.2 Å². The number of ketones is 2. The molecule has 0 bridgehead atoms. The molecule has 0 radical (unpaired) electrons. The molecule has 0 saturated carbocycles. The van der Waals surface area contributed by atoms with Crippen molar-refractivity contribution < 1.29 is 9.59 Å². The normalized spacial score (nSPS) is 11.2. The van der Waals surface area contributed by atoms with E-state index in [9.17, 15) is 9.59 Å². The Bertz CT molecular complexity index is 711. The van der Waals surface area contributed by atoms with Crippen LogP contribution >= 0.6 is 31.9 Å². The van der Waals surface area contributed by atoms with E-state index in [1.807, 2.05) is 48.5 Å². The van der Waals surface area contributed by atoms with Crippen molar-refractivity contribution in [3.05, 3.63) is 80.8 Å². The highest BCUT2D eigenvalue weighted by Crippen LogP contribution is 2.14.